The van der Waals surface area contributed by atoms with E-state index in [0.29, 0.717) is 11.7 Å². The molecule has 0 saturated carbocycles. The van der Waals surface area contributed by atoms with Crippen LogP contribution in [0.5, 0.6) is 0 Å². The molecule has 0 amide bonds. The molecule has 0 bridgehead atoms. The topological polar surface area (TPSA) is 35.2 Å². The van der Waals surface area contributed by atoms with Gasteiger partial charge in [0, 0.05) is 0 Å². The van der Waals surface area contributed by atoms with E-state index in [-0.39, 0.29) is 6.04 Å². The minimum absolute atomic E-state index is 0.120. The van der Waals surface area contributed by atoms with Crippen LogP contribution < -0.4 is 5.73 Å². The molecule has 2 N–H and O–H groups in total. The highest BCUT2D eigenvalue weighted by molar-refractivity contribution is 7.80. The zero-order valence-corrected chi connectivity index (χ0v) is 5.99. The van der Waals surface area contributed by atoms with Gasteiger partial charge in [0.05, 0.1) is 12.6 Å². The first-order valence-corrected chi connectivity index (χ1v) is 3.01. The van der Waals surface area contributed by atoms with Crippen LogP contribution in [0.1, 0.15) is 13.8 Å². The maximum Gasteiger partial charge on any atom is 0.176 e. The lowest BCUT2D eigenvalue weighted by atomic mass is 10.4. The van der Waals surface area contributed by atoms with Crippen LogP contribution in [0.15, 0.2) is 0 Å². The number of nitrogens with two attached hydrogens (primary N) is 1. The fourth-order valence-corrected chi connectivity index (χ4v) is 0.392. The minimum atomic E-state index is -0.120. The van der Waals surface area contributed by atoms with Crippen molar-refractivity contribution in [2.24, 2.45) is 5.73 Å². The van der Waals surface area contributed by atoms with Gasteiger partial charge >= 0.3 is 0 Å². The third kappa shape index (κ3) is 2.93. The Bertz CT molecular complexity index is 82.5. The van der Waals surface area contributed by atoms with Crippen LogP contribution in [0.3, 0.4) is 0 Å². The molecule has 3 heteroatoms. The van der Waals surface area contributed by atoms with Crippen LogP contribution in [0.25, 0.3) is 0 Å². The third-order valence-corrected chi connectivity index (χ3v) is 1.15. The van der Waals surface area contributed by atoms with E-state index in [1.165, 1.54) is 0 Å². The summed E-state index contributed by atoms with van der Waals surface area (Å²) >= 11 is 4.73. The van der Waals surface area contributed by atoms with E-state index in [9.17, 15) is 0 Å². The van der Waals surface area contributed by atoms with E-state index in [1.54, 1.807) is 6.92 Å². The lowest BCUT2D eigenvalue weighted by Gasteiger charge is -2.06. The zero-order chi connectivity index (χ0) is 6.57. The Balaban J connectivity index is 3.33. The summed E-state index contributed by atoms with van der Waals surface area (Å²) in [6.45, 7) is 4.30. The number of hydrogen-bond donors (Lipinski definition) is 1. The highest BCUT2D eigenvalue weighted by Gasteiger charge is 1.99. The molecule has 0 aliphatic rings. The van der Waals surface area contributed by atoms with Gasteiger partial charge in [-0.05, 0) is 26.1 Å². The highest BCUT2D eigenvalue weighted by atomic mass is 32.1. The Morgan fingerprint density at radius 2 is 2.38 bits per heavy atom. The molecule has 48 valence electrons. The van der Waals surface area contributed by atoms with Crippen LogP contribution in [0.4, 0.5) is 0 Å². The molecule has 0 unspecified atom stereocenters. The van der Waals surface area contributed by atoms with E-state index in [4.69, 9.17) is 22.7 Å². The fourth-order valence-electron chi connectivity index (χ4n) is 0.274. The van der Waals surface area contributed by atoms with Crippen molar-refractivity contribution >= 4 is 17.3 Å². The first kappa shape index (κ1) is 7.85. The second-order valence-electron chi connectivity index (χ2n) is 1.54. The van der Waals surface area contributed by atoms with Gasteiger partial charge in [0.15, 0.2) is 5.05 Å². The molecule has 0 aromatic heterocycles. The van der Waals surface area contributed by atoms with Gasteiger partial charge in [-0.25, -0.2) is 0 Å². The molecule has 0 rings (SSSR count). The van der Waals surface area contributed by atoms with Crippen molar-refractivity contribution in [3.05, 3.63) is 0 Å². The smallest absolute Gasteiger partial charge is 0.176 e. The summed E-state index contributed by atoms with van der Waals surface area (Å²) in [6, 6.07) is -0.120. The van der Waals surface area contributed by atoms with Crippen LogP contribution in [-0.2, 0) is 4.74 Å². The highest BCUT2D eigenvalue weighted by Crippen LogP contribution is 1.85. The van der Waals surface area contributed by atoms with Crippen molar-refractivity contribution in [3.63, 3.8) is 0 Å². The van der Waals surface area contributed by atoms with Crippen molar-refractivity contribution in [1.29, 1.82) is 0 Å². The lowest BCUT2D eigenvalue weighted by molar-refractivity contribution is 0.323. The molecule has 0 aromatic carbocycles. The average molecular weight is 133 g/mol. The molecule has 0 saturated heterocycles. The molecule has 0 heterocycles. The summed E-state index contributed by atoms with van der Waals surface area (Å²) in [7, 11) is 0. The fraction of sp³-hybridized carbons (Fsp3) is 0.800. The third-order valence-electron chi connectivity index (χ3n) is 0.658. The van der Waals surface area contributed by atoms with E-state index in [1.807, 2.05) is 6.92 Å². The average Bonchev–Trinajstić information content (AvgIpc) is 1.67. The molecule has 1 atom stereocenters. The Kier molecular flexibility index (Phi) is 3.73. The second kappa shape index (κ2) is 3.80. The van der Waals surface area contributed by atoms with Crippen LogP contribution in [0, 0.1) is 0 Å². The van der Waals surface area contributed by atoms with Gasteiger partial charge in [0.1, 0.15) is 0 Å². The van der Waals surface area contributed by atoms with Crippen molar-refractivity contribution in [1.82, 2.24) is 0 Å². The summed E-state index contributed by atoms with van der Waals surface area (Å²) < 4.78 is 4.91. The van der Waals surface area contributed by atoms with Crippen molar-refractivity contribution < 1.29 is 4.74 Å². The molecule has 2 nitrogen and oxygen atoms in total. The molecular weight excluding hydrogens is 122 g/mol. The van der Waals surface area contributed by atoms with Crippen LogP contribution >= 0.6 is 12.2 Å². The summed E-state index contributed by atoms with van der Waals surface area (Å²) in [5, 5.41) is 0.493. The zero-order valence-electron chi connectivity index (χ0n) is 5.18. The molecule has 0 aliphatic heterocycles. The van der Waals surface area contributed by atoms with Crippen molar-refractivity contribution in [3.8, 4) is 0 Å². The first-order valence-electron chi connectivity index (χ1n) is 2.60. The Hall–Kier alpha value is -0.150. The molecular formula is C5H11NOS. The lowest BCUT2D eigenvalue weighted by Crippen LogP contribution is -2.26. The number of thiocarbonyl (C=S) groups is 1. The second-order valence-corrected chi connectivity index (χ2v) is 1.94. The van der Waals surface area contributed by atoms with Crippen molar-refractivity contribution in [2.75, 3.05) is 6.61 Å². The van der Waals surface area contributed by atoms with Gasteiger partial charge < -0.3 is 10.5 Å². The van der Waals surface area contributed by atoms with Gasteiger partial charge in [0.2, 0.25) is 0 Å². The van der Waals surface area contributed by atoms with Crippen molar-refractivity contribution in [2.45, 2.75) is 19.9 Å². The molecule has 0 spiro atoms. The van der Waals surface area contributed by atoms with E-state index >= 15 is 0 Å². The predicted molar refractivity (Wildman–Crippen MR) is 37.9 cm³/mol. The minimum Gasteiger partial charge on any atom is -0.486 e. The van der Waals surface area contributed by atoms with Crippen LogP contribution in [0.2, 0.25) is 0 Å². The maximum absolute atomic E-state index is 5.36. The van der Waals surface area contributed by atoms with Crippen LogP contribution in [-0.4, -0.2) is 17.7 Å². The maximum atomic E-state index is 5.36. The molecule has 0 aliphatic carbocycles. The summed E-state index contributed by atoms with van der Waals surface area (Å²) in [5.74, 6) is 0. The number of hydrogen-bond acceptors (Lipinski definition) is 3. The van der Waals surface area contributed by atoms with Gasteiger partial charge in [-0.2, -0.15) is 0 Å². The van der Waals surface area contributed by atoms with E-state index < -0.39 is 0 Å². The Morgan fingerprint density at radius 3 is 2.50 bits per heavy atom. The van der Waals surface area contributed by atoms with Gasteiger partial charge in [-0.15, -0.1) is 0 Å². The predicted octanol–water partition coefficient (Wildman–Crippen LogP) is 0.698. The van der Waals surface area contributed by atoms with Gasteiger partial charge in [0.25, 0.3) is 0 Å². The normalized spacial score (nSPS) is 12.9. The molecule has 0 fully saturated rings. The van der Waals surface area contributed by atoms with Gasteiger partial charge in [-0.1, -0.05) is 0 Å². The molecule has 8 heavy (non-hydrogen) atoms. The first-order chi connectivity index (χ1) is 3.68. The summed E-state index contributed by atoms with van der Waals surface area (Å²) in [5.41, 5.74) is 5.36. The van der Waals surface area contributed by atoms with Gasteiger partial charge in [-0.3, -0.25) is 0 Å². The quantitative estimate of drug-likeness (QED) is 0.563. The largest absolute Gasteiger partial charge is 0.486 e. The summed E-state index contributed by atoms with van der Waals surface area (Å²) in [6.07, 6.45) is 0. The SMILES string of the molecule is CCOC(=S)[C@H](C)N. The molecule has 0 radical (unpaired) electrons. The van der Waals surface area contributed by atoms with E-state index in [2.05, 4.69) is 0 Å². The standard InChI is InChI=1S/C5H11NOS/c1-3-7-5(8)4(2)6/h4H,3,6H2,1-2H3/t4-/m0/s1. The molecule has 0 aromatic rings. The monoisotopic (exact) mass is 133 g/mol. The van der Waals surface area contributed by atoms with E-state index in [0.717, 1.165) is 0 Å². The Labute approximate surface area is 55.0 Å². The Morgan fingerprint density at radius 1 is 1.88 bits per heavy atom. The number of rotatable bonds is 2. The summed E-state index contributed by atoms with van der Waals surface area (Å²) in [4.78, 5) is 0. The number of ether oxygens (including phenoxy) is 1.